The van der Waals surface area contributed by atoms with Crippen molar-refractivity contribution in [2.75, 3.05) is 0 Å². The predicted molar refractivity (Wildman–Crippen MR) is 508 cm³/mol. The van der Waals surface area contributed by atoms with Gasteiger partial charge < -0.3 is 0 Å². The van der Waals surface area contributed by atoms with Crippen molar-refractivity contribution < 1.29 is 31.1 Å². The second-order valence-corrected chi connectivity index (χ2v) is 35.0. The Hall–Kier alpha value is -10.8. The largest absolute Gasteiger partial charge is 0.220 e. The topological polar surface area (TPSA) is 19.4 Å². The van der Waals surface area contributed by atoms with Crippen LogP contribution in [0.25, 0.3) is 110 Å². The Morgan fingerprint density at radius 1 is 0.280 bits per heavy atom. The van der Waals surface area contributed by atoms with Crippen molar-refractivity contribution in [1.29, 1.82) is 0 Å². The molecule has 5 heteroatoms. The van der Waals surface area contributed by atoms with Crippen molar-refractivity contribution in [3.05, 3.63) is 323 Å². The summed E-state index contributed by atoms with van der Waals surface area (Å²) in [6.45, 7) is 56.4. The van der Waals surface area contributed by atoms with Crippen LogP contribution >= 0.6 is 0 Å². The van der Waals surface area contributed by atoms with Crippen LogP contribution in [0.1, 0.15) is 231 Å². The first-order chi connectivity index (χ1) is 58.5. The second-order valence-electron chi connectivity index (χ2n) is 35.0. The molecule has 118 heavy (non-hydrogen) atoms. The van der Waals surface area contributed by atoms with Gasteiger partial charge in [0.2, 0.25) is 28.5 Å². The highest BCUT2D eigenvalue weighted by atomic mass is 15.0. The van der Waals surface area contributed by atoms with Crippen LogP contribution in [0.2, 0.25) is 0 Å². The first-order valence-corrected chi connectivity index (χ1v) is 43.1. The fourth-order valence-electron chi connectivity index (χ4n) is 16.8. The van der Waals surface area contributed by atoms with Gasteiger partial charge in [-0.1, -0.05) is 207 Å². The minimum Gasteiger partial charge on any atom is -0.200 e. The lowest BCUT2D eigenvalue weighted by atomic mass is 9.86. The Bertz CT molecular complexity index is 6590. The number of aromatic nitrogens is 5. The molecule has 0 spiro atoms. The predicted octanol–water partition coefficient (Wildman–Crippen LogP) is 27.5. The molecule has 0 aliphatic carbocycles. The lowest BCUT2D eigenvalue weighted by molar-refractivity contribution is -0.665. The average Bonchev–Trinajstić information content (AvgIpc) is 0.770. The van der Waals surface area contributed by atoms with Crippen molar-refractivity contribution in [2.24, 2.45) is 35.2 Å². The van der Waals surface area contributed by atoms with Crippen LogP contribution in [0.3, 0.4) is 0 Å². The van der Waals surface area contributed by atoms with Crippen molar-refractivity contribution in [3.8, 4) is 56.3 Å². The number of aryl methyl sites for hydroxylation is 11. The van der Waals surface area contributed by atoms with Gasteiger partial charge in [-0.15, -0.1) is 0 Å². The number of benzene rings is 10. The summed E-state index contributed by atoms with van der Waals surface area (Å²) in [6, 6.07) is 62.0. The molecule has 0 aliphatic heterocycles. The van der Waals surface area contributed by atoms with E-state index in [1.54, 1.807) is 0 Å². The highest BCUT2D eigenvalue weighted by molar-refractivity contribution is 5.99. The van der Waals surface area contributed by atoms with E-state index in [2.05, 4.69) is 350 Å². The number of rotatable bonds is 12. The Kier molecular flexibility index (Phi) is 25.0. The second kappa shape index (κ2) is 37.0. The van der Waals surface area contributed by atoms with Crippen molar-refractivity contribution in [3.63, 3.8) is 0 Å². The highest BCUT2D eigenvalue weighted by Crippen LogP contribution is 2.40. The zero-order chi connectivity index (χ0) is 91.1. The fourth-order valence-corrected chi connectivity index (χ4v) is 16.8. The fraction of sp³-hybridized carbons (Fsp3) is 0.336. The van der Waals surface area contributed by atoms with Gasteiger partial charge in [-0.25, -0.2) is 4.57 Å². The summed E-state index contributed by atoms with van der Waals surface area (Å²) >= 11 is 0. The lowest BCUT2D eigenvalue weighted by Gasteiger charge is -2.18. The number of nitrogens with zero attached hydrogens (tertiary/aromatic N) is 5. The highest BCUT2D eigenvalue weighted by Gasteiger charge is 2.28. The summed E-state index contributed by atoms with van der Waals surface area (Å²) in [4.78, 5) is 0. The molecule has 5 heterocycles. The average molecular weight is 1570 g/mol. The maximum atomic E-state index is 8.55. The Balaban J connectivity index is 0.000000151. The van der Waals surface area contributed by atoms with Gasteiger partial charge in [0.25, 0.3) is 0 Å². The normalized spacial score (nSPS) is 12.1. The van der Waals surface area contributed by atoms with Gasteiger partial charge in [-0.05, 0) is 279 Å². The summed E-state index contributed by atoms with van der Waals surface area (Å²) in [7, 11) is 10.2. The number of pyridine rings is 5. The third-order valence-corrected chi connectivity index (χ3v) is 24.9. The summed E-state index contributed by atoms with van der Waals surface area (Å²) < 4.78 is 61.6. The van der Waals surface area contributed by atoms with Crippen LogP contribution in [0.5, 0.6) is 0 Å². The van der Waals surface area contributed by atoms with Gasteiger partial charge in [-0.3, -0.25) is 0 Å². The summed E-state index contributed by atoms with van der Waals surface area (Å²) in [5.41, 5.74) is 39.7. The molecule has 0 amide bonds. The standard InChI is InChI=1S/C24H30N.2C23H28N.C22H26N.C21H24N/c1-15(2)20-13-21(16(3)4)18(6)22(14-20)24-23-12-17(5)8-9-19(23)10-11-25(24)7;1-14(2)20-11-16(4)18(6)21(13-20)23-22-10-15(3)8-9-19(22)12-17(5)24(23)7;1-7-18-13-19(8-2)17(5)21(14-18)23-22-11-15(3)9-10-20(22)12-16(4)24(23)6;1-14(2)18-10-8-16(4)20(13-18)22-21-11-15(3)7-9-19(21)12-17(5)23(22)6;1-6-17-9-8-15(3)19(13-17)21-20-11-14(2)7-10-18(20)12-16(4)22(21)5/h8-16H,1-7H3;8-14H,1-7H3;9-14H,7-8H2,1-6H3;7-14H,1-6H3;7-13H,6H2,1-5H3/q5*+1/i10D,11D;4*12D. The molecule has 15 rings (SSSR count). The van der Waals surface area contributed by atoms with E-state index in [0.717, 1.165) is 85.4 Å². The third kappa shape index (κ3) is 18.7. The van der Waals surface area contributed by atoms with E-state index in [9.17, 15) is 0 Å². The Morgan fingerprint density at radius 2 is 0.619 bits per heavy atom. The van der Waals surface area contributed by atoms with Crippen molar-refractivity contribution in [2.45, 2.75) is 223 Å². The monoisotopic (exact) mass is 1570 g/mol. The van der Waals surface area contributed by atoms with Gasteiger partial charge in [0, 0.05) is 69.0 Å². The van der Waals surface area contributed by atoms with Crippen molar-refractivity contribution in [1.82, 2.24) is 0 Å². The minimum absolute atomic E-state index is 0.252. The van der Waals surface area contributed by atoms with E-state index in [4.69, 9.17) is 8.22 Å². The zero-order valence-electron chi connectivity index (χ0n) is 83.3. The molecule has 0 saturated heterocycles. The van der Waals surface area contributed by atoms with E-state index < -0.39 is 0 Å². The molecule has 5 aromatic heterocycles. The smallest absolute Gasteiger partial charge is 0.200 e. The van der Waals surface area contributed by atoms with E-state index in [1.165, 1.54) is 167 Å². The van der Waals surface area contributed by atoms with Gasteiger partial charge >= 0.3 is 0 Å². The lowest BCUT2D eigenvalue weighted by Crippen LogP contribution is -2.35. The molecular formula is C113H136N5+5. The zero-order valence-corrected chi connectivity index (χ0v) is 77.3. The molecule has 0 saturated carbocycles. The molecular weight excluding hydrogens is 1430 g/mol. The van der Waals surface area contributed by atoms with Crippen LogP contribution in [-0.4, -0.2) is 0 Å². The van der Waals surface area contributed by atoms with Gasteiger partial charge in [0.15, 0.2) is 28.9 Å². The van der Waals surface area contributed by atoms with E-state index in [1.807, 2.05) is 51.4 Å². The molecule has 0 bridgehead atoms. The number of hydrogen-bond donors (Lipinski definition) is 0. The van der Waals surface area contributed by atoms with Gasteiger partial charge in [-0.2, -0.15) is 18.3 Å². The third-order valence-electron chi connectivity index (χ3n) is 24.9. The summed E-state index contributed by atoms with van der Waals surface area (Å²) in [5, 5.41) is 10.7. The maximum absolute atomic E-state index is 8.55. The van der Waals surface area contributed by atoms with Crippen LogP contribution < -0.4 is 22.8 Å². The molecule has 5 nitrogen and oxygen atoms in total. The first kappa shape index (κ1) is 79.7. The molecule has 0 unspecified atom stereocenters. The molecule has 0 atom stereocenters. The maximum Gasteiger partial charge on any atom is 0.220 e. The number of hydrogen-bond acceptors (Lipinski definition) is 0. The summed E-state index contributed by atoms with van der Waals surface area (Å²) in [6.07, 6.45) is 3.37. The molecule has 0 aliphatic rings. The van der Waals surface area contributed by atoms with Crippen LogP contribution in [0.4, 0.5) is 0 Å². The first-order valence-electron chi connectivity index (χ1n) is 46.1. The van der Waals surface area contributed by atoms with Crippen LogP contribution in [0, 0.1) is 104 Å². The van der Waals surface area contributed by atoms with E-state index in [-0.39, 0.29) is 12.2 Å². The molecule has 0 N–H and O–H groups in total. The quantitative estimate of drug-likeness (QED) is 0.109. The van der Waals surface area contributed by atoms with Crippen molar-refractivity contribution >= 4 is 53.9 Å². The Morgan fingerprint density at radius 3 is 1.01 bits per heavy atom. The van der Waals surface area contributed by atoms with E-state index >= 15 is 0 Å². The molecule has 608 valence electrons. The Labute approximate surface area is 718 Å². The number of fused-ring (bicyclic) bond motifs is 5. The minimum atomic E-state index is 0.252. The molecule has 0 fully saturated rings. The van der Waals surface area contributed by atoms with Gasteiger partial charge in [0.1, 0.15) is 36.6 Å². The SMILES string of the molecule is [2H]c1c(C)[n+](C)c(-c2cc(C(C)C)cc(C)c2C)c2cc(C)ccc12.[2H]c1c(C)[n+](C)c(-c2cc(C(C)C)ccc2C)c2cc(C)ccc12.[2H]c1c(C)[n+](C)c(-c2cc(CC)cc(CC)c2C)c2cc(C)ccc12.[2H]c1c(C)[n+](C)c(-c2cc(CC)ccc2C)c2cc(C)ccc12.[2H]c1c([2H])[n+](C)c(-c2cc(C(C)C)cc(C(C)C)c2C)c2cc(C)ccc12. The molecule has 15 aromatic rings. The molecule has 0 radical (unpaired) electrons. The van der Waals surface area contributed by atoms with Crippen LogP contribution in [0.15, 0.2) is 200 Å². The summed E-state index contributed by atoms with van der Waals surface area (Å²) in [5.74, 6) is 1.87. The van der Waals surface area contributed by atoms with Crippen LogP contribution in [-0.2, 0) is 54.5 Å². The van der Waals surface area contributed by atoms with Gasteiger partial charge in [0.05, 0.1) is 50.5 Å². The van der Waals surface area contributed by atoms with E-state index in [0.29, 0.717) is 47.8 Å². The molecule has 10 aromatic carbocycles.